The molecule has 0 radical (unpaired) electrons. The van der Waals surface area contributed by atoms with E-state index in [-0.39, 0.29) is 5.70 Å². The number of carbonyl (C=O) groups is 1. The van der Waals surface area contributed by atoms with Crippen molar-refractivity contribution in [2.24, 2.45) is 5.11 Å². The summed E-state index contributed by atoms with van der Waals surface area (Å²) in [5.74, 6) is 0.0561. The predicted octanol–water partition coefficient (Wildman–Crippen LogP) is 2.28. The average molecular weight is 261 g/mol. The summed E-state index contributed by atoms with van der Waals surface area (Å²) >= 11 is 0. The minimum atomic E-state index is -1.25. The molecule has 0 aliphatic carbocycles. The van der Waals surface area contributed by atoms with E-state index in [2.05, 4.69) is 10.0 Å². The molecule has 1 aliphatic rings. The number of carboxylic acid groups (broad SMARTS) is 1. The van der Waals surface area contributed by atoms with E-state index in [0.29, 0.717) is 31.1 Å². The third-order valence-corrected chi connectivity index (χ3v) is 2.51. The topological polar surface area (TPSA) is 105 Å². The highest BCUT2D eigenvalue weighted by Crippen LogP contribution is 2.30. The standard InChI is InChI=1S/C12H11N3O4/c13-15-14-9(12(16)17)3-1-8-2-4-10-11(7-8)19-6-5-18-10/h2-4,7H,1,5-6H2,(H,16,17). The SMILES string of the molecule is [N-]=[N+]=NC(=CCc1ccc2c(c1)OCCO2)C(=O)O. The molecule has 0 saturated carbocycles. The van der Waals surface area contributed by atoms with Crippen LogP contribution >= 0.6 is 0 Å². The fourth-order valence-corrected chi connectivity index (χ4v) is 1.65. The molecule has 1 N–H and O–H groups in total. The number of ether oxygens (including phenoxy) is 2. The second-order valence-corrected chi connectivity index (χ2v) is 3.77. The third kappa shape index (κ3) is 3.17. The zero-order valence-electron chi connectivity index (χ0n) is 9.94. The minimum absolute atomic E-state index is 0.322. The fraction of sp³-hybridized carbons (Fsp3) is 0.250. The van der Waals surface area contributed by atoms with Gasteiger partial charge in [-0.1, -0.05) is 17.3 Å². The summed E-state index contributed by atoms with van der Waals surface area (Å²) in [4.78, 5) is 13.2. The summed E-state index contributed by atoms with van der Waals surface area (Å²) in [6.07, 6.45) is 1.69. The molecular formula is C12H11N3O4. The first-order valence-electron chi connectivity index (χ1n) is 5.58. The molecule has 0 atom stereocenters. The van der Waals surface area contributed by atoms with Crippen molar-refractivity contribution in [3.63, 3.8) is 0 Å². The van der Waals surface area contributed by atoms with Gasteiger partial charge in [0.2, 0.25) is 0 Å². The van der Waals surface area contributed by atoms with Crippen molar-refractivity contribution < 1.29 is 19.4 Å². The Morgan fingerprint density at radius 2 is 2.16 bits per heavy atom. The first-order chi connectivity index (χ1) is 9.20. The van der Waals surface area contributed by atoms with Crippen molar-refractivity contribution in [2.45, 2.75) is 6.42 Å². The Morgan fingerprint density at radius 3 is 2.84 bits per heavy atom. The highest BCUT2D eigenvalue weighted by Gasteiger charge is 2.11. The summed E-state index contributed by atoms with van der Waals surface area (Å²) < 4.78 is 10.8. The molecule has 0 amide bonds. The molecule has 19 heavy (non-hydrogen) atoms. The van der Waals surface area contributed by atoms with Crippen LogP contribution in [0.25, 0.3) is 10.4 Å². The molecule has 0 fully saturated rings. The Balaban J connectivity index is 2.17. The molecule has 0 saturated heterocycles. The van der Waals surface area contributed by atoms with Crippen LogP contribution in [-0.2, 0) is 11.2 Å². The number of azide groups is 1. The zero-order chi connectivity index (χ0) is 13.7. The van der Waals surface area contributed by atoms with Gasteiger partial charge < -0.3 is 14.6 Å². The first-order valence-corrected chi connectivity index (χ1v) is 5.58. The number of carboxylic acids is 1. The van der Waals surface area contributed by atoms with Crippen molar-refractivity contribution in [2.75, 3.05) is 13.2 Å². The molecule has 0 bridgehead atoms. The lowest BCUT2D eigenvalue weighted by molar-refractivity contribution is -0.132. The van der Waals surface area contributed by atoms with Crippen molar-refractivity contribution in [3.05, 3.63) is 46.0 Å². The van der Waals surface area contributed by atoms with Crippen LogP contribution in [0.5, 0.6) is 11.5 Å². The largest absolute Gasteiger partial charge is 0.486 e. The van der Waals surface area contributed by atoms with Gasteiger partial charge in [-0.2, -0.15) is 0 Å². The smallest absolute Gasteiger partial charge is 0.337 e. The Labute approximate surface area is 108 Å². The Bertz CT molecular complexity index is 572. The highest BCUT2D eigenvalue weighted by molar-refractivity contribution is 5.86. The molecule has 2 rings (SSSR count). The predicted molar refractivity (Wildman–Crippen MR) is 66.0 cm³/mol. The lowest BCUT2D eigenvalue weighted by Crippen LogP contribution is -2.15. The minimum Gasteiger partial charge on any atom is -0.486 e. The monoisotopic (exact) mass is 261 g/mol. The summed E-state index contributed by atoms with van der Waals surface area (Å²) in [5.41, 5.74) is 8.78. The van der Waals surface area contributed by atoms with Gasteiger partial charge in [-0.05, 0) is 29.6 Å². The average Bonchev–Trinajstić information content (AvgIpc) is 2.43. The number of allylic oxidation sites excluding steroid dienone is 1. The Hall–Kier alpha value is -2.66. The quantitative estimate of drug-likeness (QED) is 0.388. The number of fused-ring (bicyclic) bond motifs is 1. The molecule has 1 heterocycles. The molecule has 1 aromatic rings. The molecule has 0 spiro atoms. The van der Waals surface area contributed by atoms with E-state index in [4.69, 9.17) is 20.1 Å². The van der Waals surface area contributed by atoms with Gasteiger partial charge in [-0.15, -0.1) is 0 Å². The van der Waals surface area contributed by atoms with Crippen LogP contribution in [0.3, 0.4) is 0 Å². The molecule has 7 nitrogen and oxygen atoms in total. The van der Waals surface area contributed by atoms with Crippen molar-refractivity contribution in [3.8, 4) is 11.5 Å². The lowest BCUT2D eigenvalue weighted by Gasteiger charge is -2.18. The number of benzene rings is 1. The molecule has 7 heteroatoms. The van der Waals surface area contributed by atoms with E-state index in [9.17, 15) is 4.79 Å². The zero-order valence-corrected chi connectivity index (χ0v) is 9.94. The summed E-state index contributed by atoms with van der Waals surface area (Å²) in [7, 11) is 0. The van der Waals surface area contributed by atoms with Crippen LogP contribution in [0, 0.1) is 0 Å². The van der Waals surface area contributed by atoms with E-state index in [1.165, 1.54) is 6.08 Å². The Morgan fingerprint density at radius 1 is 1.42 bits per heavy atom. The van der Waals surface area contributed by atoms with Gasteiger partial charge in [0.1, 0.15) is 18.9 Å². The van der Waals surface area contributed by atoms with Crippen LogP contribution in [0.15, 0.2) is 35.1 Å². The lowest BCUT2D eigenvalue weighted by atomic mass is 10.1. The van der Waals surface area contributed by atoms with E-state index in [1.54, 1.807) is 18.2 Å². The van der Waals surface area contributed by atoms with Gasteiger partial charge in [0, 0.05) is 4.91 Å². The van der Waals surface area contributed by atoms with Crippen molar-refractivity contribution in [1.29, 1.82) is 0 Å². The van der Waals surface area contributed by atoms with Crippen molar-refractivity contribution >= 4 is 5.97 Å². The molecule has 0 unspecified atom stereocenters. The molecule has 1 aromatic carbocycles. The normalized spacial score (nSPS) is 13.6. The van der Waals surface area contributed by atoms with Gasteiger partial charge in [-0.3, -0.25) is 0 Å². The van der Waals surface area contributed by atoms with E-state index >= 15 is 0 Å². The van der Waals surface area contributed by atoms with E-state index in [1.807, 2.05) is 0 Å². The van der Waals surface area contributed by atoms with Gasteiger partial charge in [0.15, 0.2) is 11.5 Å². The fourth-order valence-electron chi connectivity index (χ4n) is 1.65. The van der Waals surface area contributed by atoms with Gasteiger partial charge in [-0.25, -0.2) is 4.79 Å². The van der Waals surface area contributed by atoms with Gasteiger partial charge >= 0.3 is 5.97 Å². The Kier molecular flexibility index (Phi) is 3.90. The third-order valence-electron chi connectivity index (χ3n) is 2.51. The molecule has 98 valence electrons. The summed E-state index contributed by atoms with van der Waals surface area (Å²) in [6, 6.07) is 5.35. The number of hydrogen-bond acceptors (Lipinski definition) is 4. The molecule has 1 aliphatic heterocycles. The van der Waals surface area contributed by atoms with Crippen LogP contribution in [0.4, 0.5) is 0 Å². The van der Waals surface area contributed by atoms with Crippen LogP contribution in [-0.4, -0.2) is 24.3 Å². The second-order valence-electron chi connectivity index (χ2n) is 3.77. The second kappa shape index (κ2) is 5.79. The maximum atomic E-state index is 10.8. The first kappa shape index (κ1) is 12.8. The van der Waals surface area contributed by atoms with Gasteiger partial charge in [0.05, 0.1) is 0 Å². The number of hydrogen-bond donors (Lipinski definition) is 1. The van der Waals surface area contributed by atoms with Crippen LogP contribution in [0.1, 0.15) is 5.56 Å². The van der Waals surface area contributed by atoms with Crippen LogP contribution in [0.2, 0.25) is 0 Å². The van der Waals surface area contributed by atoms with Gasteiger partial charge in [0.25, 0.3) is 0 Å². The maximum Gasteiger partial charge on any atom is 0.337 e. The van der Waals surface area contributed by atoms with Crippen LogP contribution < -0.4 is 9.47 Å². The highest BCUT2D eigenvalue weighted by atomic mass is 16.6. The summed E-state index contributed by atoms with van der Waals surface area (Å²) in [5, 5.41) is 11.9. The number of rotatable bonds is 4. The maximum absolute atomic E-state index is 10.8. The molecular weight excluding hydrogens is 250 g/mol. The number of nitrogens with zero attached hydrogens (tertiary/aromatic N) is 3. The number of aliphatic carboxylic acids is 1. The van der Waals surface area contributed by atoms with E-state index < -0.39 is 5.97 Å². The van der Waals surface area contributed by atoms with Crippen molar-refractivity contribution in [1.82, 2.24) is 0 Å². The summed E-state index contributed by atoms with van der Waals surface area (Å²) in [6.45, 7) is 1.01. The van der Waals surface area contributed by atoms with E-state index in [0.717, 1.165) is 5.56 Å². The molecule has 0 aromatic heterocycles.